The molecular formula is C30H22F4O. The number of halogens is 4. The maximum atomic E-state index is 14.7. The Balaban J connectivity index is 1.55. The first kappa shape index (κ1) is 24.0. The molecule has 0 radical (unpaired) electrons. The number of benzene rings is 4. The van der Waals surface area contributed by atoms with E-state index in [1.54, 1.807) is 67.6 Å². The molecule has 0 fully saturated rings. The Labute approximate surface area is 201 Å². The van der Waals surface area contributed by atoms with Gasteiger partial charge in [0, 0.05) is 16.7 Å². The topological polar surface area (TPSA) is 9.23 Å². The van der Waals surface area contributed by atoms with Gasteiger partial charge in [0.2, 0.25) is 5.82 Å². The largest absolute Gasteiger partial charge is 0.491 e. The summed E-state index contributed by atoms with van der Waals surface area (Å²) in [6.07, 6.45) is 4.76. The molecule has 0 spiro atoms. The normalized spacial score (nSPS) is 11.1. The van der Waals surface area contributed by atoms with Crippen molar-refractivity contribution in [2.24, 2.45) is 0 Å². The van der Waals surface area contributed by atoms with Crippen molar-refractivity contribution in [2.45, 2.75) is 6.92 Å². The Hall–Kier alpha value is -4.12. The molecule has 0 unspecified atom stereocenters. The Kier molecular flexibility index (Phi) is 7.16. The fourth-order valence-corrected chi connectivity index (χ4v) is 3.70. The van der Waals surface area contributed by atoms with Crippen molar-refractivity contribution in [3.8, 4) is 28.0 Å². The van der Waals surface area contributed by atoms with Crippen molar-refractivity contribution < 1.29 is 22.3 Å². The predicted octanol–water partition coefficient (Wildman–Crippen LogP) is 8.79. The second-order valence-corrected chi connectivity index (χ2v) is 7.78. The van der Waals surface area contributed by atoms with Gasteiger partial charge in [0.15, 0.2) is 23.2 Å². The zero-order chi connectivity index (χ0) is 24.9. The Morgan fingerprint density at radius 3 is 1.74 bits per heavy atom. The zero-order valence-electron chi connectivity index (χ0n) is 19.0. The highest BCUT2D eigenvalue weighted by molar-refractivity contribution is 5.75. The summed E-state index contributed by atoms with van der Waals surface area (Å²) in [4.78, 5) is 0. The predicted molar refractivity (Wildman–Crippen MR) is 134 cm³/mol. The minimum Gasteiger partial charge on any atom is -0.491 e. The van der Waals surface area contributed by atoms with Crippen LogP contribution >= 0.6 is 0 Å². The van der Waals surface area contributed by atoms with E-state index in [-0.39, 0.29) is 29.0 Å². The van der Waals surface area contributed by atoms with Crippen LogP contribution in [0.5, 0.6) is 5.75 Å². The van der Waals surface area contributed by atoms with Crippen LogP contribution in [-0.2, 0) is 0 Å². The van der Waals surface area contributed by atoms with Crippen molar-refractivity contribution in [2.75, 3.05) is 6.61 Å². The number of ether oxygens (including phenoxy) is 1. The summed E-state index contributed by atoms with van der Waals surface area (Å²) in [5.74, 6) is -4.04. The molecule has 0 aliphatic heterocycles. The summed E-state index contributed by atoms with van der Waals surface area (Å²) in [5.41, 5.74) is 2.98. The SMILES string of the molecule is C=Cc1ccc(-c2ccc(C=Cc3ccc(-c4ccc(OCC)c(F)c4F)cc3)c(F)c2F)cc1. The second kappa shape index (κ2) is 10.4. The minimum absolute atomic E-state index is 0.0951. The molecule has 1 nitrogen and oxygen atoms in total. The van der Waals surface area contributed by atoms with E-state index in [0.29, 0.717) is 16.7 Å². The van der Waals surface area contributed by atoms with Crippen molar-refractivity contribution >= 4 is 18.2 Å². The third kappa shape index (κ3) is 5.04. The number of rotatable bonds is 7. The first-order valence-electron chi connectivity index (χ1n) is 11.0. The van der Waals surface area contributed by atoms with Crippen LogP contribution in [0.25, 0.3) is 40.5 Å². The van der Waals surface area contributed by atoms with Crippen LogP contribution in [0.3, 0.4) is 0 Å². The molecule has 0 bridgehead atoms. The lowest BCUT2D eigenvalue weighted by Crippen LogP contribution is -1.98. The summed E-state index contributed by atoms with van der Waals surface area (Å²) >= 11 is 0. The Morgan fingerprint density at radius 1 is 0.629 bits per heavy atom. The van der Waals surface area contributed by atoms with Crippen LogP contribution < -0.4 is 4.74 Å². The van der Waals surface area contributed by atoms with Gasteiger partial charge in [-0.25, -0.2) is 13.2 Å². The lowest BCUT2D eigenvalue weighted by molar-refractivity contribution is 0.314. The number of hydrogen-bond acceptors (Lipinski definition) is 1. The highest BCUT2D eigenvalue weighted by atomic mass is 19.2. The molecule has 0 amide bonds. The van der Waals surface area contributed by atoms with Gasteiger partial charge in [-0.05, 0) is 41.3 Å². The first-order chi connectivity index (χ1) is 16.9. The quantitative estimate of drug-likeness (QED) is 0.192. The summed E-state index contributed by atoms with van der Waals surface area (Å²) in [7, 11) is 0. The van der Waals surface area contributed by atoms with Gasteiger partial charge in [0.25, 0.3) is 0 Å². The van der Waals surface area contributed by atoms with Crippen LogP contribution in [0, 0.1) is 23.3 Å². The average molecular weight is 474 g/mol. The van der Waals surface area contributed by atoms with E-state index in [2.05, 4.69) is 6.58 Å². The molecular weight excluding hydrogens is 452 g/mol. The fraction of sp³-hybridized carbons (Fsp3) is 0.0667. The van der Waals surface area contributed by atoms with E-state index in [1.165, 1.54) is 30.3 Å². The molecule has 0 N–H and O–H groups in total. The smallest absolute Gasteiger partial charge is 0.201 e. The summed E-state index contributed by atoms with van der Waals surface area (Å²) in [6, 6.07) is 19.5. The standard InChI is InChI=1S/C30H22F4O/c1-3-19-5-10-21(11-6-19)24-16-15-23(27(31)28(24)32)14-9-20-7-12-22(13-8-20)25-17-18-26(35-4-2)30(34)29(25)33/h3,5-18H,1,4H2,2H3. The van der Waals surface area contributed by atoms with Gasteiger partial charge in [0.05, 0.1) is 6.61 Å². The van der Waals surface area contributed by atoms with Crippen LogP contribution in [-0.4, -0.2) is 6.61 Å². The average Bonchev–Trinajstić information content (AvgIpc) is 2.88. The molecule has 0 heterocycles. The number of hydrogen-bond donors (Lipinski definition) is 0. The maximum Gasteiger partial charge on any atom is 0.201 e. The molecule has 0 saturated heterocycles. The van der Waals surface area contributed by atoms with Gasteiger partial charge in [0.1, 0.15) is 0 Å². The maximum absolute atomic E-state index is 14.7. The minimum atomic E-state index is -1.04. The van der Waals surface area contributed by atoms with Gasteiger partial charge in [-0.2, -0.15) is 4.39 Å². The molecule has 0 aliphatic rings. The van der Waals surface area contributed by atoms with Gasteiger partial charge in [-0.3, -0.25) is 0 Å². The highest BCUT2D eigenvalue weighted by Gasteiger charge is 2.16. The van der Waals surface area contributed by atoms with E-state index in [4.69, 9.17) is 4.74 Å². The lowest BCUT2D eigenvalue weighted by atomic mass is 10.00. The van der Waals surface area contributed by atoms with Crippen LogP contribution in [0.15, 0.2) is 79.4 Å². The van der Waals surface area contributed by atoms with Gasteiger partial charge in [-0.15, -0.1) is 0 Å². The van der Waals surface area contributed by atoms with E-state index in [9.17, 15) is 17.6 Å². The Bertz CT molecular complexity index is 1390. The molecule has 0 saturated carbocycles. The van der Waals surface area contributed by atoms with Crippen molar-refractivity contribution in [3.05, 3.63) is 119 Å². The molecule has 5 heteroatoms. The molecule has 0 atom stereocenters. The third-order valence-corrected chi connectivity index (χ3v) is 5.59. The summed E-state index contributed by atoms with van der Waals surface area (Å²) < 4.78 is 63.2. The molecule has 176 valence electrons. The highest BCUT2D eigenvalue weighted by Crippen LogP contribution is 2.31. The molecule has 4 rings (SSSR count). The second-order valence-electron chi connectivity index (χ2n) is 7.78. The third-order valence-electron chi connectivity index (χ3n) is 5.59. The van der Waals surface area contributed by atoms with Crippen LogP contribution in [0.4, 0.5) is 17.6 Å². The first-order valence-corrected chi connectivity index (χ1v) is 11.0. The van der Waals surface area contributed by atoms with E-state index in [1.807, 2.05) is 0 Å². The van der Waals surface area contributed by atoms with E-state index in [0.717, 1.165) is 5.56 Å². The van der Waals surface area contributed by atoms with Crippen molar-refractivity contribution in [1.29, 1.82) is 0 Å². The van der Waals surface area contributed by atoms with Gasteiger partial charge >= 0.3 is 0 Å². The fourth-order valence-electron chi connectivity index (χ4n) is 3.70. The lowest BCUT2D eigenvalue weighted by Gasteiger charge is -2.09. The van der Waals surface area contributed by atoms with Crippen molar-refractivity contribution in [1.82, 2.24) is 0 Å². The summed E-state index contributed by atoms with van der Waals surface area (Å²) in [6.45, 7) is 5.60. The molecule has 0 aromatic heterocycles. The van der Waals surface area contributed by atoms with Gasteiger partial charge in [-0.1, -0.05) is 85.5 Å². The molecule has 0 aliphatic carbocycles. The molecule has 35 heavy (non-hydrogen) atoms. The van der Waals surface area contributed by atoms with Crippen LogP contribution in [0.1, 0.15) is 23.6 Å². The zero-order valence-corrected chi connectivity index (χ0v) is 19.0. The van der Waals surface area contributed by atoms with E-state index >= 15 is 0 Å². The van der Waals surface area contributed by atoms with Crippen LogP contribution in [0.2, 0.25) is 0 Å². The summed E-state index contributed by atoms with van der Waals surface area (Å²) in [5, 5.41) is 0. The van der Waals surface area contributed by atoms with E-state index < -0.39 is 23.3 Å². The van der Waals surface area contributed by atoms with Gasteiger partial charge < -0.3 is 4.74 Å². The monoisotopic (exact) mass is 474 g/mol. The van der Waals surface area contributed by atoms with Crippen molar-refractivity contribution in [3.63, 3.8) is 0 Å². The molecule has 4 aromatic rings. The Morgan fingerprint density at radius 2 is 1.17 bits per heavy atom. The molecule has 4 aromatic carbocycles.